The van der Waals surface area contributed by atoms with E-state index in [9.17, 15) is 14.4 Å². The van der Waals surface area contributed by atoms with Gasteiger partial charge in [0.2, 0.25) is 0 Å². The highest BCUT2D eigenvalue weighted by atomic mass is 16.6. The molecule has 39 heavy (non-hydrogen) atoms. The maximum absolute atomic E-state index is 13.5. The van der Waals surface area contributed by atoms with Gasteiger partial charge in [0.05, 0.1) is 18.8 Å². The first kappa shape index (κ1) is 27.1. The van der Waals surface area contributed by atoms with E-state index in [0.29, 0.717) is 56.3 Å². The van der Waals surface area contributed by atoms with Crippen LogP contribution in [-0.4, -0.2) is 99.7 Å². The van der Waals surface area contributed by atoms with Crippen molar-refractivity contribution >= 4 is 17.9 Å². The zero-order valence-corrected chi connectivity index (χ0v) is 23.0. The Kier molecular flexibility index (Phi) is 7.83. The quantitative estimate of drug-likeness (QED) is 0.576. The number of hydrogen-bond donors (Lipinski definition) is 0. The van der Waals surface area contributed by atoms with Crippen LogP contribution in [0.4, 0.5) is 4.79 Å². The Morgan fingerprint density at radius 2 is 1.44 bits per heavy atom. The molecule has 1 aromatic heterocycles. The van der Waals surface area contributed by atoms with Gasteiger partial charge in [0.1, 0.15) is 5.60 Å². The van der Waals surface area contributed by atoms with Crippen LogP contribution in [0.3, 0.4) is 0 Å². The third-order valence-corrected chi connectivity index (χ3v) is 7.27. The summed E-state index contributed by atoms with van der Waals surface area (Å²) in [5.41, 5.74) is 1.32. The van der Waals surface area contributed by atoms with Crippen LogP contribution in [0, 0.1) is 0 Å². The second kappa shape index (κ2) is 11.3. The third kappa shape index (κ3) is 6.55. The fourth-order valence-corrected chi connectivity index (χ4v) is 5.08. The molecule has 0 spiro atoms. The molecule has 0 radical (unpaired) electrons. The molecular weight excluding hydrogens is 498 g/mol. The summed E-state index contributed by atoms with van der Waals surface area (Å²) in [6.45, 7) is 9.03. The predicted molar refractivity (Wildman–Crippen MR) is 144 cm³/mol. The molecule has 2 aliphatic heterocycles. The Balaban J connectivity index is 1.21. The number of rotatable bonds is 5. The average Bonchev–Trinajstić information content (AvgIpc) is 3.78. The van der Waals surface area contributed by atoms with Crippen molar-refractivity contribution in [1.82, 2.24) is 24.7 Å². The highest BCUT2D eigenvalue weighted by Crippen LogP contribution is 2.33. The average molecular weight is 536 g/mol. The van der Waals surface area contributed by atoms with Crippen molar-refractivity contribution in [1.29, 1.82) is 0 Å². The minimum atomic E-state index is -0.529. The largest absolute Gasteiger partial charge is 0.444 e. The zero-order chi connectivity index (χ0) is 27.6. The molecule has 0 bridgehead atoms. The van der Waals surface area contributed by atoms with Crippen LogP contribution in [0.2, 0.25) is 0 Å². The van der Waals surface area contributed by atoms with E-state index < -0.39 is 5.60 Å². The lowest BCUT2D eigenvalue weighted by Crippen LogP contribution is -2.50. The number of piperidine rings is 1. The molecule has 0 unspecified atom stereocenters. The van der Waals surface area contributed by atoms with E-state index in [2.05, 4.69) is 9.97 Å². The molecule has 0 atom stereocenters. The summed E-state index contributed by atoms with van der Waals surface area (Å²) < 4.78 is 10.8. The highest BCUT2D eigenvalue weighted by Gasteiger charge is 2.40. The summed E-state index contributed by atoms with van der Waals surface area (Å²) in [6.07, 6.45) is 6.30. The van der Waals surface area contributed by atoms with Gasteiger partial charge in [0.25, 0.3) is 11.8 Å². The van der Waals surface area contributed by atoms with Crippen molar-refractivity contribution < 1.29 is 23.9 Å². The van der Waals surface area contributed by atoms with Gasteiger partial charge < -0.3 is 24.2 Å². The minimum Gasteiger partial charge on any atom is -0.444 e. The second-order valence-corrected chi connectivity index (χ2v) is 11.4. The summed E-state index contributed by atoms with van der Waals surface area (Å²) in [4.78, 5) is 53.1. The van der Waals surface area contributed by atoms with Gasteiger partial charge in [-0.2, -0.15) is 0 Å². The number of likely N-dealkylation sites (tertiary alicyclic amines) is 1. The predicted octanol–water partition coefficient (Wildman–Crippen LogP) is 3.62. The zero-order valence-electron chi connectivity index (χ0n) is 23.0. The summed E-state index contributed by atoms with van der Waals surface area (Å²) >= 11 is 0. The third-order valence-electron chi connectivity index (χ3n) is 7.27. The molecule has 3 aliphatic rings. The molecular formula is C29H37N5O5. The number of ether oxygens (including phenoxy) is 2. The maximum Gasteiger partial charge on any atom is 0.410 e. The van der Waals surface area contributed by atoms with E-state index in [1.54, 1.807) is 34.3 Å². The number of hydrogen-bond acceptors (Lipinski definition) is 7. The Morgan fingerprint density at radius 3 is 2.00 bits per heavy atom. The topological polar surface area (TPSA) is 105 Å². The van der Waals surface area contributed by atoms with E-state index in [1.807, 2.05) is 37.8 Å². The minimum absolute atomic E-state index is 0.0104. The van der Waals surface area contributed by atoms with Crippen LogP contribution in [0.1, 0.15) is 67.2 Å². The Bertz CT molecular complexity index is 1180. The molecule has 3 amide bonds. The van der Waals surface area contributed by atoms with Crippen molar-refractivity contribution in [2.45, 2.75) is 64.1 Å². The van der Waals surface area contributed by atoms with Crippen LogP contribution in [0.15, 0.2) is 36.7 Å². The lowest BCUT2D eigenvalue weighted by Gasteiger charge is -2.39. The number of morpholine rings is 1. The second-order valence-electron chi connectivity index (χ2n) is 11.4. The first-order valence-electron chi connectivity index (χ1n) is 13.8. The lowest BCUT2D eigenvalue weighted by molar-refractivity contribution is 0.0142. The number of carbonyl (C=O) groups is 3. The van der Waals surface area contributed by atoms with Gasteiger partial charge in [0, 0.05) is 61.8 Å². The van der Waals surface area contributed by atoms with Crippen molar-refractivity contribution in [3.63, 3.8) is 0 Å². The van der Waals surface area contributed by atoms with Crippen LogP contribution in [-0.2, 0) is 9.47 Å². The summed E-state index contributed by atoms with van der Waals surface area (Å²) in [7, 11) is 0. The lowest BCUT2D eigenvalue weighted by atomic mass is 10.0. The molecule has 2 saturated heterocycles. The maximum atomic E-state index is 13.5. The van der Waals surface area contributed by atoms with Gasteiger partial charge in [-0.3, -0.25) is 9.59 Å². The SMILES string of the molecule is CC(C)(C)OC(=O)N1CCC(N(C(=O)c2cnc(-c3ccc(C(=O)N4CCOCC4)cc3)nc2)C2CC2)CC1. The first-order valence-corrected chi connectivity index (χ1v) is 13.8. The Labute approximate surface area is 229 Å². The molecule has 0 N–H and O–H groups in total. The normalized spacial score (nSPS) is 18.5. The summed E-state index contributed by atoms with van der Waals surface area (Å²) in [5, 5.41) is 0. The standard InChI is InChI=1S/C29H37N5O5/c1-29(2,3)39-28(37)33-12-10-24(11-13-33)34(23-8-9-23)27(36)22-18-30-25(31-19-22)20-4-6-21(7-5-20)26(35)32-14-16-38-17-15-32/h4-7,18-19,23-24H,8-17H2,1-3H3. The monoisotopic (exact) mass is 535 g/mol. The van der Waals surface area contributed by atoms with Gasteiger partial charge in [-0.05, 0) is 58.6 Å². The van der Waals surface area contributed by atoms with Crippen molar-refractivity contribution in [3.05, 3.63) is 47.8 Å². The fourth-order valence-electron chi connectivity index (χ4n) is 5.08. The smallest absolute Gasteiger partial charge is 0.410 e. The van der Waals surface area contributed by atoms with Gasteiger partial charge in [-0.25, -0.2) is 14.8 Å². The molecule has 208 valence electrons. The fraction of sp³-hybridized carbons (Fsp3) is 0.552. The number of nitrogens with zero attached hydrogens (tertiary/aromatic N) is 5. The number of aromatic nitrogens is 2. The van der Waals surface area contributed by atoms with E-state index in [0.717, 1.165) is 31.2 Å². The van der Waals surface area contributed by atoms with Crippen molar-refractivity contribution in [3.8, 4) is 11.4 Å². The van der Waals surface area contributed by atoms with E-state index in [-0.39, 0.29) is 30.0 Å². The van der Waals surface area contributed by atoms with Crippen molar-refractivity contribution in [2.75, 3.05) is 39.4 Å². The number of carbonyl (C=O) groups excluding carboxylic acids is 3. The molecule has 1 saturated carbocycles. The van der Waals surface area contributed by atoms with Crippen LogP contribution >= 0.6 is 0 Å². The van der Waals surface area contributed by atoms with Crippen molar-refractivity contribution in [2.24, 2.45) is 0 Å². The molecule has 5 rings (SSSR count). The molecule has 1 aliphatic carbocycles. The first-order chi connectivity index (χ1) is 18.7. The molecule has 3 fully saturated rings. The molecule has 3 heterocycles. The van der Waals surface area contributed by atoms with E-state index >= 15 is 0 Å². The van der Waals surface area contributed by atoms with Gasteiger partial charge in [0.15, 0.2) is 5.82 Å². The number of benzene rings is 1. The molecule has 10 heteroatoms. The van der Waals surface area contributed by atoms with Gasteiger partial charge in [-0.1, -0.05) is 12.1 Å². The van der Waals surface area contributed by atoms with E-state index in [1.165, 1.54) is 0 Å². The van der Waals surface area contributed by atoms with Gasteiger partial charge >= 0.3 is 6.09 Å². The molecule has 10 nitrogen and oxygen atoms in total. The van der Waals surface area contributed by atoms with Crippen LogP contribution in [0.5, 0.6) is 0 Å². The van der Waals surface area contributed by atoms with Crippen LogP contribution < -0.4 is 0 Å². The Morgan fingerprint density at radius 1 is 0.846 bits per heavy atom. The van der Waals surface area contributed by atoms with E-state index in [4.69, 9.17) is 9.47 Å². The Hall–Kier alpha value is -3.53. The highest BCUT2D eigenvalue weighted by molar-refractivity contribution is 5.95. The van der Waals surface area contributed by atoms with Gasteiger partial charge in [-0.15, -0.1) is 0 Å². The summed E-state index contributed by atoms with van der Waals surface area (Å²) in [6, 6.07) is 7.53. The molecule has 1 aromatic carbocycles. The number of amides is 3. The molecule has 2 aromatic rings. The summed E-state index contributed by atoms with van der Waals surface area (Å²) in [5.74, 6) is 0.426. The van der Waals surface area contributed by atoms with Crippen LogP contribution in [0.25, 0.3) is 11.4 Å².